The number of carboxylic acid groups (broad SMARTS) is 3. The van der Waals surface area contributed by atoms with Crippen molar-refractivity contribution in [3.05, 3.63) is 0 Å². The molecule has 0 aliphatic heterocycles. The summed E-state index contributed by atoms with van der Waals surface area (Å²) in [4.78, 5) is 80.8. The number of aliphatic carboxylic acids is 3. The van der Waals surface area contributed by atoms with Crippen molar-refractivity contribution in [1.82, 2.24) is 21.3 Å². The van der Waals surface area contributed by atoms with E-state index < -0.39 is 35.8 Å². The molecule has 0 bridgehead atoms. The van der Waals surface area contributed by atoms with E-state index in [0.717, 1.165) is 38.5 Å². The zero-order valence-corrected chi connectivity index (χ0v) is 29.6. The third kappa shape index (κ3) is 30.3. The number of hydrogen-bond donors (Lipinski definition) is 7. The fraction of sp³-hybridized carbons (Fsp3) is 0.794. The molecule has 0 aromatic heterocycles. The summed E-state index contributed by atoms with van der Waals surface area (Å²) in [5, 5.41) is 37.4. The van der Waals surface area contributed by atoms with Gasteiger partial charge in [-0.05, 0) is 57.8 Å². The topological polar surface area (TPSA) is 247 Å². The van der Waals surface area contributed by atoms with Crippen LogP contribution in [0.3, 0.4) is 0 Å². The van der Waals surface area contributed by atoms with Gasteiger partial charge in [-0.15, -0.1) is 0 Å². The Kier molecular flexibility index (Phi) is 28.8. The van der Waals surface area contributed by atoms with Crippen molar-refractivity contribution in [3.63, 3.8) is 0 Å². The summed E-state index contributed by atoms with van der Waals surface area (Å²) < 4.78 is 11.1. The Labute approximate surface area is 296 Å². The van der Waals surface area contributed by atoms with Gasteiger partial charge in [0, 0.05) is 79.6 Å². The smallest absolute Gasteiger partial charge is 0.326 e. The van der Waals surface area contributed by atoms with Crippen LogP contribution in [0.1, 0.15) is 118 Å². The predicted molar refractivity (Wildman–Crippen MR) is 185 cm³/mol. The molecule has 0 aliphatic rings. The number of carbonyl (C=O) groups is 7. The summed E-state index contributed by atoms with van der Waals surface area (Å²) >= 11 is 0. The second kappa shape index (κ2) is 31.2. The van der Waals surface area contributed by atoms with Crippen LogP contribution < -0.4 is 21.3 Å². The highest BCUT2D eigenvalue weighted by Crippen LogP contribution is 2.08. The van der Waals surface area contributed by atoms with Gasteiger partial charge in [-0.25, -0.2) is 4.79 Å². The van der Waals surface area contributed by atoms with E-state index in [2.05, 4.69) is 21.3 Å². The Bertz CT molecular complexity index is 1020. The molecule has 290 valence electrons. The number of hydrogen-bond acceptors (Lipinski definition) is 9. The monoisotopic (exact) mass is 718 g/mol. The van der Waals surface area contributed by atoms with Crippen LogP contribution in [0.25, 0.3) is 0 Å². The molecular formula is C34H62N4O12. The van der Waals surface area contributed by atoms with Crippen LogP contribution in [0.5, 0.6) is 0 Å². The lowest BCUT2D eigenvalue weighted by atomic mass is 10.0. The molecule has 50 heavy (non-hydrogen) atoms. The first-order valence-electron chi connectivity index (χ1n) is 17.8. The first kappa shape index (κ1) is 46.2. The minimum atomic E-state index is -1.28. The van der Waals surface area contributed by atoms with Gasteiger partial charge >= 0.3 is 17.9 Å². The number of rotatable bonds is 34. The van der Waals surface area contributed by atoms with E-state index in [9.17, 15) is 38.7 Å². The summed E-state index contributed by atoms with van der Waals surface area (Å²) in [5.74, 6) is -4.69. The van der Waals surface area contributed by atoms with Gasteiger partial charge in [0.2, 0.25) is 23.6 Å². The predicted octanol–water partition coefficient (Wildman–Crippen LogP) is 2.62. The molecule has 2 atom stereocenters. The molecule has 0 rings (SSSR count). The Morgan fingerprint density at radius 1 is 0.500 bits per heavy atom. The average molecular weight is 719 g/mol. The molecule has 0 aromatic rings. The lowest BCUT2D eigenvalue weighted by molar-refractivity contribution is -0.142. The van der Waals surface area contributed by atoms with Crippen molar-refractivity contribution >= 4 is 41.5 Å². The number of amides is 4. The number of unbranched alkanes of at least 4 members (excludes halogenated alkanes) is 5. The number of ether oxygens (including phenoxy) is 2. The highest BCUT2D eigenvalue weighted by Gasteiger charge is 2.21. The van der Waals surface area contributed by atoms with Crippen molar-refractivity contribution in [2.24, 2.45) is 5.92 Å². The van der Waals surface area contributed by atoms with E-state index in [1.54, 1.807) is 6.92 Å². The molecule has 0 aromatic carbocycles. The van der Waals surface area contributed by atoms with E-state index >= 15 is 0 Å². The van der Waals surface area contributed by atoms with Crippen molar-refractivity contribution in [2.75, 3.05) is 46.1 Å². The summed E-state index contributed by atoms with van der Waals surface area (Å²) in [6.07, 6.45) is 7.88. The molecule has 0 spiro atoms. The molecule has 7 N–H and O–H groups in total. The molecule has 16 nitrogen and oxygen atoms in total. The minimum absolute atomic E-state index is 0. The van der Waals surface area contributed by atoms with Gasteiger partial charge in [-0.2, -0.15) is 0 Å². The van der Waals surface area contributed by atoms with Gasteiger partial charge in [0.1, 0.15) is 6.04 Å². The van der Waals surface area contributed by atoms with Gasteiger partial charge in [-0.1, -0.05) is 26.2 Å². The quantitative estimate of drug-likeness (QED) is 0.0475. The molecule has 16 heteroatoms. The van der Waals surface area contributed by atoms with Crippen LogP contribution in [0.15, 0.2) is 0 Å². The molecule has 0 saturated heterocycles. The third-order valence-electron chi connectivity index (χ3n) is 7.63. The molecule has 0 aliphatic carbocycles. The maximum atomic E-state index is 12.2. The highest BCUT2D eigenvalue weighted by atomic mass is 16.5. The van der Waals surface area contributed by atoms with Crippen molar-refractivity contribution in [1.29, 1.82) is 0 Å². The Morgan fingerprint density at radius 2 is 0.980 bits per heavy atom. The highest BCUT2D eigenvalue weighted by molar-refractivity contribution is 5.87. The van der Waals surface area contributed by atoms with Crippen molar-refractivity contribution in [3.8, 4) is 0 Å². The summed E-state index contributed by atoms with van der Waals surface area (Å²) in [7, 11) is 0. The zero-order valence-electron chi connectivity index (χ0n) is 29.6. The van der Waals surface area contributed by atoms with E-state index in [1.807, 2.05) is 0 Å². The first-order valence-corrected chi connectivity index (χ1v) is 17.8. The van der Waals surface area contributed by atoms with E-state index in [0.29, 0.717) is 84.6 Å². The largest absolute Gasteiger partial charge is 0.481 e. The SMILES string of the molecule is C[C@@H](CCCCNC(=O)CC[C@H](NC(=O)CCC(=O)NCCCOCCCCOCCCNC(=O)CCCCCCC(=O)O)C(=O)O)C(=O)O.[HH]. The van der Waals surface area contributed by atoms with Gasteiger partial charge in [0.25, 0.3) is 0 Å². The number of carbonyl (C=O) groups excluding carboxylic acids is 4. The van der Waals surface area contributed by atoms with Crippen LogP contribution in [0.4, 0.5) is 0 Å². The van der Waals surface area contributed by atoms with E-state index in [-0.39, 0.29) is 51.3 Å². The standard InChI is InChI=1S/C34H60N4O12.H2/c1-26(33(45)46)12-6-7-19-35-29(40)16-15-27(34(47)48)38-31(42)18-17-30(41)37-21-11-25-50-23-9-8-22-49-24-10-20-36-28(39)13-4-2-3-5-14-32(43)44;/h26-27H,2-25H2,1H3,(H,35,40)(H,36,39)(H,37,41)(H,38,42)(H,43,44)(H,45,46)(H,47,48);1H/t26-,27-;/m0./s1. The summed E-state index contributed by atoms with van der Waals surface area (Å²) in [6.45, 7) is 5.06. The lowest BCUT2D eigenvalue weighted by Crippen LogP contribution is -2.42. The molecule has 0 radical (unpaired) electrons. The Balaban J connectivity index is 0. The maximum Gasteiger partial charge on any atom is 0.326 e. The number of nitrogens with one attached hydrogen (secondary N) is 4. The molecule has 0 heterocycles. The van der Waals surface area contributed by atoms with Crippen LogP contribution in [0.2, 0.25) is 0 Å². The van der Waals surface area contributed by atoms with Gasteiger partial charge in [0.15, 0.2) is 0 Å². The number of carboxylic acids is 3. The van der Waals surface area contributed by atoms with Gasteiger partial charge in [-0.3, -0.25) is 28.8 Å². The molecule has 0 saturated carbocycles. The second-order valence-electron chi connectivity index (χ2n) is 12.2. The zero-order chi connectivity index (χ0) is 37.4. The summed E-state index contributed by atoms with van der Waals surface area (Å²) in [6, 6.07) is -1.26. The van der Waals surface area contributed by atoms with Crippen LogP contribution in [0, 0.1) is 5.92 Å². The summed E-state index contributed by atoms with van der Waals surface area (Å²) in [5.41, 5.74) is 0. The molecule has 4 amide bonds. The van der Waals surface area contributed by atoms with Crippen LogP contribution >= 0.6 is 0 Å². The average Bonchev–Trinajstić information content (AvgIpc) is 3.06. The minimum Gasteiger partial charge on any atom is -0.481 e. The molecule has 0 unspecified atom stereocenters. The lowest BCUT2D eigenvalue weighted by Gasteiger charge is -2.14. The Hall–Kier alpha value is -3.79. The molecular weight excluding hydrogens is 656 g/mol. The normalized spacial score (nSPS) is 12.0. The molecule has 0 fully saturated rings. The van der Waals surface area contributed by atoms with E-state index in [4.69, 9.17) is 19.7 Å². The second-order valence-corrected chi connectivity index (χ2v) is 12.2. The third-order valence-corrected chi connectivity index (χ3v) is 7.63. The van der Waals surface area contributed by atoms with Crippen molar-refractivity contribution < 1.29 is 59.8 Å². The van der Waals surface area contributed by atoms with Crippen LogP contribution in [-0.2, 0) is 43.0 Å². The maximum absolute atomic E-state index is 12.2. The Morgan fingerprint density at radius 3 is 1.52 bits per heavy atom. The first-order chi connectivity index (χ1) is 23.9. The van der Waals surface area contributed by atoms with E-state index in [1.165, 1.54) is 0 Å². The van der Waals surface area contributed by atoms with Crippen LogP contribution in [-0.4, -0.2) is 109 Å². The van der Waals surface area contributed by atoms with Crippen molar-refractivity contribution in [2.45, 2.75) is 122 Å². The fourth-order valence-corrected chi connectivity index (χ4v) is 4.55. The van der Waals surface area contributed by atoms with Gasteiger partial charge < -0.3 is 46.1 Å². The van der Waals surface area contributed by atoms with Gasteiger partial charge in [0.05, 0.1) is 5.92 Å². The fourth-order valence-electron chi connectivity index (χ4n) is 4.55.